The van der Waals surface area contributed by atoms with E-state index in [9.17, 15) is 19.5 Å². The number of rotatable bonds is 8. The van der Waals surface area contributed by atoms with Crippen molar-refractivity contribution in [3.05, 3.63) is 24.3 Å². The Bertz CT molecular complexity index is 646. The summed E-state index contributed by atoms with van der Waals surface area (Å²) < 4.78 is 5.55. The van der Waals surface area contributed by atoms with Crippen molar-refractivity contribution in [2.45, 2.75) is 51.7 Å². The van der Waals surface area contributed by atoms with Crippen molar-refractivity contribution in [1.82, 2.24) is 5.32 Å². The molecule has 1 heterocycles. The number of unbranched alkanes of at least 4 members (excludes halogenated alkanes) is 1. The molecule has 2 rings (SSSR count). The summed E-state index contributed by atoms with van der Waals surface area (Å²) in [6, 6.07) is 6.26. The first-order valence-electron chi connectivity index (χ1n) is 8.53. The first kappa shape index (κ1) is 18.8. The highest BCUT2D eigenvalue weighted by Gasteiger charge is 2.31. The van der Waals surface area contributed by atoms with Crippen LogP contribution in [0.3, 0.4) is 0 Å². The summed E-state index contributed by atoms with van der Waals surface area (Å²) in [5.74, 6) is -1.04. The lowest BCUT2D eigenvalue weighted by Gasteiger charge is -2.32. The van der Waals surface area contributed by atoms with E-state index in [0.717, 1.165) is 12.8 Å². The topological polar surface area (TPSA) is 95.9 Å². The van der Waals surface area contributed by atoms with Crippen molar-refractivity contribution in [2.75, 3.05) is 11.4 Å². The minimum atomic E-state index is -1.04. The van der Waals surface area contributed by atoms with Crippen LogP contribution in [0.15, 0.2) is 24.3 Å². The maximum absolute atomic E-state index is 12.3. The second kappa shape index (κ2) is 8.50. The Kier molecular flexibility index (Phi) is 6.38. The molecule has 0 fully saturated rings. The second-order valence-electron chi connectivity index (χ2n) is 6.07. The molecule has 1 aliphatic rings. The zero-order valence-electron chi connectivity index (χ0n) is 14.5. The quantitative estimate of drug-likeness (QED) is 0.748. The van der Waals surface area contributed by atoms with Crippen LogP contribution in [0.25, 0.3) is 0 Å². The van der Waals surface area contributed by atoms with Crippen molar-refractivity contribution in [3.8, 4) is 5.75 Å². The molecule has 0 aliphatic carbocycles. The SMILES string of the molecule is CCCCC(NC(=O)CCN1C(=O)C(C)Oc2ccccc21)C(=O)O. The molecule has 0 saturated heterocycles. The van der Waals surface area contributed by atoms with Gasteiger partial charge in [-0.3, -0.25) is 9.59 Å². The fourth-order valence-corrected chi connectivity index (χ4v) is 2.73. The Morgan fingerprint density at radius 1 is 1.36 bits per heavy atom. The van der Waals surface area contributed by atoms with E-state index in [-0.39, 0.29) is 24.8 Å². The predicted octanol–water partition coefficient (Wildman–Crippen LogP) is 1.95. The third-order valence-electron chi connectivity index (χ3n) is 4.12. The lowest BCUT2D eigenvalue weighted by molar-refractivity contribution is -0.142. The average molecular weight is 348 g/mol. The minimum Gasteiger partial charge on any atom is -0.480 e. The van der Waals surface area contributed by atoms with Crippen molar-refractivity contribution in [3.63, 3.8) is 0 Å². The first-order valence-corrected chi connectivity index (χ1v) is 8.53. The van der Waals surface area contributed by atoms with Gasteiger partial charge in [-0.05, 0) is 25.5 Å². The van der Waals surface area contributed by atoms with E-state index in [1.807, 2.05) is 13.0 Å². The van der Waals surface area contributed by atoms with Gasteiger partial charge in [0.25, 0.3) is 5.91 Å². The second-order valence-corrected chi connectivity index (χ2v) is 6.07. The van der Waals surface area contributed by atoms with E-state index in [0.29, 0.717) is 17.9 Å². The molecule has 1 aromatic carbocycles. The highest BCUT2D eigenvalue weighted by atomic mass is 16.5. The fourth-order valence-electron chi connectivity index (χ4n) is 2.73. The van der Waals surface area contributed by atoms with Gasteiger partial charge in [0.15, 0.2) is 6.10 Å². The molecule has 2 N–H and O–H groups in total. The number of carbonyl (C=O) groups is 3. The number of aliphatic carboxylic acids is 1. The number of amides is 2. The van der Waals surface area contributed by atoms with Gasteiger partial charge in [0.2, 0.25) is 5.91 Å². The predicted molar refractivity (Wildman–Crippen MR) is 92.6 cm³/mol. The van der Waals surface area contributed by atoms with Crippen LogP contribution in [-0.4, -0.2) is 41.6 Å². The van der Waals surface area contributed by atoms with Crippen molar-refractivity contribution >= 4 is 23.5 Å². The summed E-state index contributed by atoms with van der Waals surface area (Å²) >= 11 is 0. The average Bonchev–Trinajstić information content (AvgIpc) is 2.58. The van der Waals surface area contributed by atoms with Gasteiger partial charge < -0.3 is 20.1 Å². The van der Waals surface area contributed by atoms with Crippen molar-refractivity contribution in [1.29, 1.82) is 0 Å². The fraction of sp³-hybridized carbons (Fsp3) is 0.500. The molecule has 0 radical (unpaired) electrons. The third-order valence-corrected chi connectivity index (χ3v) is 4.12. The standard InChI is InChI=1S/C18H24N2O5/c1-3-4-7-13(18(23)24)19-16(21)10-11-20-14-8-5-6-9-15(14)25-12(2)17(20)22/h5-6,8-9,12-13H,3-4,7,10-11H2,1-2H3,(H,19,21)(H,23,24). The molecule has 2 amide bonds. The summed E-state index contributed by atoms with van der Waals surface area (Å²) in [5, 5.41) is 11.7. The highest BCUT2D eigenvalue weighted by Crippen LogP contribution is 2.33. The van der Waals surface area contributed by atoms with Gasteiger partial charge in [-0.1, -0.05) is 31.9 Å². The number of para-hydroxylation sites is 2. The van der Waals surface area contributed by atoms with Gasteiger partial charge in [-0.25, -0.2) is 4.79 Å². The molecular formula is C18H24N2O5. The van der Waals surface area contributed by atoms with Gasteiger partial charge >= 0.3 is 5.97 Å². The number of fused-ring (bicyclic) bond motifs is 1. The van der Waals surface area contributed by atoms with Crippen molar-refractivity contribution < 1.29 is 24.2 Å². The Hall–Kier alpha value is -2.57. The molecule has 25 heavy (non-hydrogen) atoms. The summed E-state index contributed by atoms with van der Waals surface area (Å²) in [7, 11) is 0. The molecule has 2 atom stereocenters. The normalized spacial score (nSPS) is 17.4. The number of anilines is 1. The molecule has 7 nitrogen and oxygen atoms in total. The molecule has 0 spiro atoms. The van der Waals surface area contributed by atoms with E-state index in [4.69, 9.17) is 4.74 Å². The number of carboxylic acid groups (broad SMARTS) is 1. The largest absolute Gasteiger partial charge is 0.480 e. The summed E-state index contributed by atoms with van der Waals surface area (Å²) in [6.07, 6.45) is 1.39. The van der Waals surface area contributed by atoms with Crippen molar-refractivity contribution in [2.24, 2.45) is 0 Å². The van der Waals surface area contributed by atoms with Crippen LogP contribution in [0.2, 0.25) is 0 Å². The molecule has 2 unspecified atom stereocenters. The Balaban J connectivity index is 1.99. The van der Waals surface area contributed by atoms with Crippen LogP contribution >= 0.6 is 0 Å². The monoisotopic (exact) mass is 348 g/mol. The molecule has 1 aliphatic heterocycles. The number of nitrogens with zero attached hydrogens (tertiary/aromatic N) is 1. The maximum atomic E-state index is 12.3. The lowest BCUT2D eigenvalue weighted by atomic mass is 10.1. The summed E-state index contributed by atoms with van der Waals surface area (Å²) in [6.45, 7) is 3.80. The number of carboxylic acids is 1. The zero-order valence-corrected chi connectivity index (χ0v) is 14.5. The van der Waals surface area contributed by atoms with Crippen LogP contribution in [0.4, 0.5) is 5.69 Å². The summed E-state index contributed by atoms with van der Waals surface area (Å²) in [4.78, 5) is 37.2. The number of carbonyl (C=O) groups excluding carboxylic acids is 2. The van der Waals surface area contributed by atoms with Crippen LogP contribution < -0.4 is 15.0 Å². The lowest BCUT2D eigenvalue weighted by Crippen LogP contribution is -2.47. The zero-order chi connectivity index (χ0) is 18.4. The molecule has 0 aromatic heterocycles. The minimum absolute atomic E-state index is 0.0305. The Labute approximate surface area is 147 Å². The molecular weight excluding hydrogens is 324 g/mol. The Morgan fingerprint density at radius 3 is 2.76 bits per heavy atom. The van der Waals surface area contributed by atoms with Crippen LogP contribution in [0, 0.1) is 0 Å². The van der Waals surface area contributed by atoms with Gasteiger partial charge in [0.05, 0.1) is 5.69 Å². The highest BCUT2D eigenvalue weighted by molar-refractivity contribution is 6.00. The van der Waals surface area contributed by atoms with Crippen LogP contribution in [0.1, 0.15) is 39.5 Å². The third kappa shape index (κ3) is 4.71. The van der Waals surface area contributed by atoms with E-state index in [1.54, 1.807) is 25.1 Å². The van der Waals surface area contributed by atoms with E-state index in [1.165, 1.54) is 4.90 Å². The molecule has 7 heteroatoms. The molecule has 1 aromatic rings. The van der Waals surface area contributed by atoms with Crippen LogP contribution in [0.5, 0.6) is 5.75 Å². The molecule has 0 bridgehead atoms. The Morgan fingerprint density at radius 2 is 2.08 bits per heavy atom. The van der Waals surface area contributed by atoms with E-state index >= 15 is 0 Å². The van der Waals surface area contributed by atoms with E-state index < -0.39 is 18.1 Å². The van der Waals surface area contributed by atoms with Gasteiger partial charge in [-0.2, -0.15) is 0 Å². The number of benzene rings is 1. The first-order chi connectivity index (χ1) is 11.9. The smallest absolute Gasteiger partial charge is 0.326 e. The van der Waals surface area contributed by atoms with Gasteiger partial charge in [0.1, 0.15) is 11.8 Å². The van der Waals surface area contributed by atoms with Crippen LogP contribution in [-0.2, 0) is 14.4 Å². The number of ether oxygens (including phenoxy) is 1. The summed E-state index contributed by atoms with van der Waals surface area (Å²) in [5.41, 5.74) is 0.624. The maximum Gasteiger partial charge on any atom is 0.326 e. The molecule has 0 saturated carbocycles. The molecule has 136 valence electrons. The number of nitrogens with one attached hydrogen (secondary N) is 1. The number of hydrogen-bond donors (Lipinski definition) is 2. The van der Waals surface area contributed by atoms with Gasteiger partial charge in [-0.15, -0.1) is 0 Å². The van der Waals surface area contributed by atoms with E-state index in [2.05, 4.69) is 5.32 Å². The number of hydrogen-bond acceptors (Lipinski definition) is 4. The van der Waals surface area contributed by atoms with Gasteiger partial charge in [0, 0.05) is 13.0 Å².